The van der Waals surface area contributed by atoms with Crippen molar-refractivity contribution in [2.75, 3.05) is 5.32 Å². The summed E-state index contributed by atoms with van der Waals surface area (Å²) in [5.41, 5.74) is 0.241. The molecular formula is C19H17N3O4. The first-order valence-corrected chi connectivity index (χ1v) is 7.73. The molecule has 1 amide bonds. The highest BCUT2D eigenvalue weighted by molar-refractivity contribution is 6.06. The van der Waals surface area contributed by atoms with Gasteiger partial charge < -0.3 is 20.5 Å². The van der Waals surface area contributed by atoms with Crippen molar-refractivity contribution in [2.45, 2.75) is 13.0 Å². The minimum atomic E-state index is -1.09. The molecule has 1 unspecified atom stereocenters. The average Bonchev–Trinajstić information content (AvgIpc) is 2.64. The molecule has 3 N–H and O–H groups in total. The second-order valence-electron chi connectivity index (χ2n) is 5.29. The maximum absolute atomic E-state index is 12.1. The van der Waals surface area contributed by atoms with E-state index < -0.39 is 17.9 Å². The van der Waals surface area contributed by atoms with Gasteiger partial charge in [0.1, 0.15) is 29.2 Å². The van der Waals surface area contributed by atoms with E-state index in [1.165, 1.54) is 6.92 Å². The zero-order chi connectivity index (χ0) is 18.9. The van der Waals surface area contributed by atoms with Gasteiger partial charge in [0.25, 0.3) is 5.91 Å². The van der Waals surface area contributed by atoms with Crippen LogP contribution in [0.1, 0.15) is 6.92 Å². The van der Waals surface area contributed by atoms with Crippen LogP contribution in [0.5, 0.6) is 11.5 Å². The third kappa shape index (κ3) is 5.39. The number of hydrogen-bond donors (Lipinski definition) is 3. The number of hydrogen-bond acceptors (Lipinski definition) is 5. The molecule has 0 aromatic heterocycles. The highest BCUT2D eigenvalue weighted by Gasteiger charge is 2.12. The Hall–Kier alpha value is -3.79. The minimum absolute atomic E-state index is 0.234. The normalized spacial score (nSPS) is 11.8. The monoisotopic (exact) mass is 351 g/mol. The first kappa shape index (κ1) is 18.5. The van der Waals surface area contributed by atoms with Gasteiger partial charge in [0, 0.05) is 11.9 Å². The lowest BCUT2D eigenvalue weighted by atomic mass is 10.2. The molecule has 1 atom stereocenters. The van der Waals surface area contributed by atoms with Crippen molar-refractivity contribution < 1.29 is 19.4 Å². The molecule has 0 bridgehead atoms. The fourth-order valence-electron chi connectivity index (χ4n) is 1.86. The summed E-state index contributed by atoms with van der Waals surface area (Å²) in [5, 5.41) is 22.9. The predicted molar refractivity (Wildman–Crippen MR) is 95.5 cm³/mol. The Balaban J connectivity index is 1.98. The van der Waals surface area contributed by atoms with E-state index in [1.807, 2.05) is 30.3 Å². The van der Waals surface area contributed by atoms with Crippen molar-refractivity contribution in [3.63, 3.8) is 0 Å². The number of ether oxygens (including phenoxy) is 1. The summed E-state index contributed by atoms with van der Waals surface area (Å²) < 4.78 is 5.65. The number of nitrogens with zero attached hydrogens (tertiary/aromatic N) is 1. The van der Waals surface area contributed by atoms with Gasteiger partial charge in [-0.05, 0) is 43.3 Å². The van der Waals surface area contributed by atoms with Gasteiger partial charge in [0.15, 0.2) is 0 Å². The Kier molecular flexibility index (Phi) is 6.34. The number of amides is 1. The molecule has 132 valence electrons. The third-order valence-corrected chi connectivity index (χ3v) is 3.30. The average molecular weight is 351 g/mol. The third-order valence-electron chi connectivity index (χ3n) is 3.30. The molecule has 26 heavy (non-hydrogen) atoms. The van der Waals surface area contributed by atoms with E-state index in [2.05, 4.69) is 10.6 Å². The number of carboxylic acid groups (broad SMARTS) is 1. The summed E-state index contributed by atoms with van der Waals surface area (Å²) in [7, 11) is 0. The number of nitriles is 1. The fourth-order valence-corrected chi connectivity index (χ4v) is 1.86. The zero-order valence-electron chi connectivity index (χ0n) is 14.0. The van der Waals surface area contributed by atoms with Crippen molar-refractivity contribution >= 4 is 17.6 Å². The number of rotatable bonds is 7. The van der Waals surface area contributed by atoms with Crippen LogP contribution < -0.4 is 15.4 Å². The summed E-state index contributed by atoms with van der Waals surface area (Å²) >= 11 is 0. The molecular weight excluding hydrogens is 334 g/mol. The Morgan fingerprint density at radius 1 is 1.12 bits per heavy atom. The van der Waals surface area contributed by atoms with E-state index in [-0.39, 0.29) is 5.57 Å². The van der Waals surface area contributed by atoms with Crippen LogP contribution in [-0.2, 0) is 9.59 Å². The number of carboxylic acids is 1. The molecule has 0 radical (unpaired) electrons. The van der Waals surface area contributed by atoms with E-state index in [0.717, 1.165) is 6.20 Å². The van der Waals surface area contributed by atoms with E-state index in [0.29, 0.717) is 17.2 Å². The summed E-state index contributed by atoms with van der Waals surface area (Å²) in [5.74, 6) is -0.443. The van der Waals surface area contributed by atoms with E-state index in [1.54, 1.807) is 30.3 Å². The molecule has 7 nitrogen and oxygen atoms in total. The van der Waals surface area contributed by atoms with Crippen LogP contribution in [0.4, 0.5) is 5.69 Å². The van der Waals surface area contributed by atoms with Crippen LogP contribution in [0.15, 0.2) is 66.4 Å². The molecule has 2 aromatic rings. The van der Waals surface area contributed by atoms with Crippen LogP contribution >= 0.6 is 0 Å². The second-order valence-corrected chi connectivity index (χ2v) is 5.29. The topological polar surface area (TPSA) is 111 Å². The molecule has 0 heterocycles. The number of benzene rings is 2. The van der Waals surface area contributed by atoms with E-state index in [4.69, 9.17) is 15.1 Å². The Labute approximate surface area is 150 Å². The standard InChI is InChI=1S/C19H17N3O4/c1-13(19(24)25)21-12-14(11-20)18(23)22-15-7-9-17(10-8-15)26-16-5-3-2-4-6-16/h2-10,12-13,21H,1H3,(H,22,23)(H,24,25)/b14-12-. The van der Waals surface area contributed by atoms with Crippen LogP contribution in [0.3, 0.4) is 0 Å². The number of anilines is 1. The summed E-state index contributed by atoms with van der Waals surface area (Å²) in [4.78, 5) is 22.8. The van der Waals surface area contributed by atoms with Crippen molar-refractivity contribution in [3.8, 4) is 17.6 Å². The van der Waals surface area contributed by atoms with Crippen LogP contribution in [0.25, 0.3) is 0 Å². The Morgan fingerprint density at radius 2 is 1.73 bits per heavy atom. The zero-order valence-corrected chi connectivity index (χ0v) is 14.0. The van der Waals surface area contributed by atoms with Gasteiger partial charge in [-0.15, -0.1) is 0 Å². The maximum Gasteiger partial charge on any atom is 0.325 e. The van der Waals surface area contributed by atoms with Gasteiger partial charge in [-0.3, -0.25) is 9.59 Å². The molecule has 0 spiro atoms. The maximum atomic E-state index is 12.1. The van der Waals surface area contributed by atoms with Crippen molar-refractivity contribution in [1.29, 1.82) is 5.26 Å². The lowest BCUT2D eigenvalue weighted by molar-refractivity contribution is -0.138. The highest BCUT2D eigenvalue weighted by atomic mass is 16.5. The number of carbonyl (C=O) groups excluding carboxylic acids is 1. The fraction of sp³-hybridized carbons (Fsp3) is 0.105. The molecule has 2 aromatic carbocycles. The van der Waals surface area contributed by atoms with E-state index >= 15 is 0 Å². The quantitative estimate of drug-likeness (QED) is 0.522. The van der Waals surface area contributed by atoms with Gasteiger partial charge in [-0.2, -0.15) is 5.26 Å². The SMILES string of the molecule is CC(N/C=C(/C#N)C(=O)Nc1ccc(Oc2ccccc2)cc1)C(=O)O. The lowest BCUT2D eigenvalue weighted by Gasteiger charge is -2.09. The van der Waals surface area contributed by atoms with Gasteiger partial charge in [0.05, 0.1) is 0 Å². The number of nitrogens with one attached hydrogen (secondary N) is 2. The molecule has 7 heteroatoms. The van der Waals surface area contributed by atoms with Crippen molar-refractivity contribution in [3.05, 3.63) is 66.4 Å². The summed E-state index contributed by atoms with van der Waals surface area (Å²) in [6.07, 6.45) is 1.08. The van der Waals surface area contributed by atoms with Crippen LogP contribution in [-0.4, -0.2) is 23.0 Å². The first-order valence-electron chi connectivity index (χ1n) is 7.73. The van der Waals surface area contributed by atoms with Gasteiger partial charge in [0.2, 0.25) is 0 Å². The summed E-state index contributed by atoms with van der Waals surface area (Å²) in [6, 6.07) is 16.7. The minimum Gasteiger partial charge on any atom is -0.480 e. The second kappa shape index (κ2) is 8.89. The first-order chi connectivity index (χ1) is 12.5. The molecule has 0 aliphatic heterocycles. The Morgan fingerprint density at radius 3 is 2.31 bits per heavy atom. The summed E-state index contributed by atoms with van der Waals surface area (Å²) in [6.45, 7) is 1.40. The lowest BCUT2D eigenvalue weighted by Crippen LogP contribution is -2.30. The molecule has 0 aliphatic carbocycles. The van der Waals surface area contributed by atoms with Gasteiger partial charge >= 0.3 is 5.97 Å². The number of aliphatic carboxylic acids is 1. The highest BCUT2D eigenvalue weighted by Crippen LogP contribution is 2.22. The molecule has 2 rings (SSSR count). The molecule has 0 aliphatic rings. The number of para-hydroxylation sites is 1. The molecule has 0 saturated heterocycles. The van der Waals surface area contributed by atoms with Crippen molar-refractivity contribution in [2.24, 2.45) is 0 Å². The predicted octanol–water partition coefficient (Wildman–Crippen LogP) is 2.89. The smallest absolute Gasteiger partial charge is 0.325 e. The van der Waals surface area contributed by atoms with E-state index in [9.17, 15) is 9.59 Å². The van der Waals surface area contributed by atoms with Gasteiger partial charge in [-0.1, -0.05) is 18.2 Å². The Bertz CT molecular complexity index is 839. The molecule has 0 saturated carbocycles. The number of carbonyl (C=O) groups is 2. The molecule has 0 fully saturated rings. The van der Waals surface area contributed by atoms with Gasteiger partial charge in [-0.25, -0.2) is 0 Å². The van der Waals surface area contributed by atoms with Crippen LogP contribution in [0, 0.1) is 11.3 Å². The van der Waals surface area contributed by atoms with Crippen LogP contribution in [0.2, 0.25) is 0 Å². The largest absolute Gasteiger partial charge is 0.480 e. The van der Waals surface area contributed by atoms with Crippen molar-refractivity contribution in [1.82, 2.24) is 5.32 Å².